The lowest BCUT2D eigenvalue weighted by atomic mass is 10.2. The molecule has 0 aliphatic rings. The number of rotatable bonds is 6. The fourth-order valence-corrected chi connectivity index (χ4v) is 2.12. The van der Waals surface area contributed by atoms with Crippen molar-refractivity contribution in [1.29, 1.82) is 0 Å². The number of nitrogen functional groups attached to an aromatic ring is 1. The molecule has 0 saturated carbocycles. The number of nitrogens with two attached hydrogens (primary N) is 1. The van der Waals surface area contributed by atoms with Gasteiger partial charge in [-0.05, 0) is 44.6 Å². The highest BCUT2D eigenvalue weighted by atomic mass is 35.5. The number of anilines is 2. The van der Waals surface area contributed by atoms with E-state index in [-0.39, 0.29) is 11.9 Å². The van der Waals surface area contributed by atoms with E-state index in [4.69, 9.17) is 17.3 Å². The molecular formula is C14H22ClN3O. The summed E-state index contributed by atoms with van der Waals surface area (Å²) in [6.45, 7) is 7.79. The number of amides is 1. The van der Waals surface area contributed by atoms with E-state index in [9.17, 15) is 4.79 Å². The van der Waals surface area contributed by atoms with Crippen LogP contribution in [0.5, 0.6) is 0 Å². The van der Waals surface area contributed by atoms with Crippen molar-refractivity contribution in [3.05, 3.63) is 23.2 Å². The van der Waals surface area contributed by atoms with Crippen LogP contribution in [0.2, 0.25) is 5.02 Å². The van der Waals surface area contributed by atoms with Crippen LogP contribution in [0.3, 0.4) is 0 Å². The van der Waals surface area contributed by atoms with Gasteiger partial charge in [-0.1, -0.05) is 25.4 Å². The molecular weight excluding hydrogens is 262 g/mol. The first-order valence-corrected chi connectivity index (χ1v) is 6.97. The Kier molecular flexibility index (Phi) is 6.12. The quantitative estimate of drug-likeness (QED) is 0.789. The molecule has 1 aromatic carbocycles. The van der Waals surface area contributed by atoms with E-state index in [0.717, 1.165) is 19.5 Å². The zero-order chi connectivity index (χ0) is 14.4. The topological polar surface area (TPSA) is 58.4 Å². The maximum Gasteiger partial charge on any atom is 0.241 e. The van der Waals surface area contributed by atoms with Crippen molar-refractivity contribution in [2.75, 3.05) is 24.1 Å². The number of carbonyl (C=O) groups is 1. The summed E-state index contributed by atoms with van der Waals surface area (Å²) >= 11 is 5.90. The summed E-state index contributed by atoms with van der Waals surface area (Å²) < 4.78 is 0. The number of carbonyl (C=O) groups excluding carboxylic acids is 1. The minimum absolute atomic E-state index is 0.0655. The van der Waals surface area contributed by atoms with Crippen LogP contribution in [0, 0.1) is 0 Å². The van der Waals surface area contributed by atoms with Crippen LogP contribution in [-0.4, -0.2) is 29.9 Å². The van der Waals surface area contributed by atoms with Gasteiger partial charge in [0.25, 0.3) is 0 Å². The Morgan fingerprint density at radius 1 is 1.47 bits per heavy atom. The summed E-state index contributed by atoms with van der Waals surface area (Å²) in [5, 5.41) is 3.39. The van der Waals surface area contributed by atoms with Gasteiger partial charge in [-0.3, -0.25) is 9.69 Å². The van der Waals surface area contributed by atoms with Crippen molar-refractivity contribution in [2.24, 2.45) is 0 Å². The highest BCUT2D eigenvalue weighted by Gasteiger charge is 2.19. The van der Waals surface area contributed by atoms with Crippen LogP contribution in [0.4, 0.5) is 11.4 Å². The maximum absolute atomic E-state index is 12.2. The van der Waals surface area contributed by atoms with Gasteiger partial charge >= 0.3 is 0 Å². The predicted octanol–water partition coefficient (Wildman–Crippen LogP) is 2.98. The van der Waals surface area contributed by atoms with Crippen molar-refractivity contribution in [3.8, 4) is 0 Å². The standard InChI is InChI=1S/C14H22ClN3O/c1-4-8-18(5-2)10(3)14(19)17-13-9-11(15)6-7-12(13)16/h6-7,9-10H,4-5,8,16H2,1-3H3,(H,17,19). The summed E-state index contributed by atoms with van der Waals surface area (Å²) in [6, 6.07) is 4.86. The summed E-state index contributed by atoms with van der Waals surface area (Å²) in [7, 11) is 0. The van der Waals surface area contributed by atoms with Gasteiger partial charge in [-0.25, -0.2) is 0 Å². The summed E-state index contributed by atoms with van der Waals surface area (Å²) in [4.78, 5) is 14.3. The van der Waals surface area contributed by atoms with Crippen LogP contribution in [0.15, 0.2) is 18.2 Å². The summed E-state index contributed by atoms with van der Waals surface area (Å²) in [5.74, 6) is -0.0655. The van der Waals surface area contributed by atoms with E-state index in [1.807, 2.05) is 13.8 Å². The van der Waals surface area contributed by atoms with Crippen LogP contribution >= 0.6 is 11.6 Å². The monoisotopic (exact) mass is 283 g/mol. The Morgan fingerprint density at radius 3 is 2.74 bits per heavy atom. The molecule has 1 amide bonds. The van der Waals surface area contributed by atoms with Crippen molar-refractivity contribution >= 4 is 28.9 Å². The minimum atomic E-state index is -0.191. The largest absolute Gasteiger partial charge is 0.397 e. The third-order valence-corrected chi connectivity index (χ3v) is 3.35. The van der Waals surface area contributed by atoms with Gasteiger partial charge in [0.1, 0.15) is 0 Å². The highest BCUT2D eigenvalue weighted by molar-refractivity contribution is 6.31. The Bertz CT molecular complexity index is 437. The van der Waals surface area contributed by atoms with E-state index >= 15 is 0 Å². The van der Waals surface area contributed by atoms with Crippen LogP contribution in [0.1, 0.15) is 27.2 Å². The number of hydrogen-bond donors (Lipinski definition) is 2. The van der Waals surface area contributed by atoms with Crippen LogP contribution < -0.4 is 11.1 Å². The zero-order valence-electron chi connectivity index (χ0n) is 11.7. The molecule has 19 heavy (non-hydrogen) atoms. The molecule has 1 unspecified atom stereocenters. The van der Waals surface area contributed by atoms with Crippen LogP contribution in [-0.2, 0) is 4.79 Å². The molecule has 3 N–H and O–H groups in total. The second kappa shape index (κ2) is 7.36. The van der Waals surface area contributed by atoms with E-state index < -0.39 is 0 Å². The molecule has 1 rings (SSSR count). The fourth-order valence-electron chi connectivity index (χ4n) is 1.95. The third kappa shape index (κ3) is 4.40. The lowest BCUT2D eigenvalue weighted by Gasteiger charge is -2.26. The van der Waals surface area contributed by atoms with Crippen LogP contribution in [0.25, 0.3) is 0 Å². The smallest absolute Gasteiger partial charge is 0.241 e. The van der Waals surface area contributed by atoms with Gasteiger partial charge in [0.05, 0.1) is 17.4 Å². The molecule has 0 bridgehead atoms. The van der Waals surface area contributed by atoms with Crippen molar-refractivity contribution in [2.45, 2.75) is 33.2 Å². The number of nitrogens with zero attached hydrogens (tertiary/aromatic N) is 1. The van der Waals surface area contributed by atoms with Crippen molar-refractivity contribution < 1.29 is 4.79 Å². The van der Waals surface area contributed by atoms with Gasteiger partial charge in [0.2, 0.25) is 5.91 Å². The van der Waals surface area contributed by atoms with Gasteiger partial charge in [-0.2, -0.15) is 0 Å². The normalized spacial score (nSPS) is 12.5. The molecule has 0 radical (unpaired) electrons. The number of halogens is 1. The van der Waals surface area contributed by atoms with E-state index in [2.05, 4.69) is 17.1 Å². The molecule has 0 aromatic heterocycles. The molecule has 0 spiro atoms. The first-order valence-electron chi connectivity index (χ1n) is 6.59. The average molecular weight is 284 g/mol. The van der Waals surface area contributed by atoms with Gasteiger partial charge in [0, 0.05) is 5.02 Å². The number of benzene rings is 1. The van der Waals surface area contributed by atoms with E-state index in [1.54, 1.807) is 18.2 Å². The lowest BCUT2D eigenvalue weighted by molar-refractivity contribution is -0.120. The Morgan fingerprint density at radius 2 is 2.16 bits per heavy atom. The number of hydrogen-bond acceptors (Lipinski definition) is 3. The molecule has 106 valence electrons. The fraction of sp³-hybridized carbons (Fsp3) is 0.500. The van der Waals surface area contributed by atoms with E-state index in [1.165, 1.54) is 0 Å². The van der Waals surface area contributed by atoms with Gasteiger partial charge in [0.15, 0.2) is 0 Å². The Labute approximate surface area is 119 Å². The molecule has 0 saturated heterocycles. The maximum atomic E-state index is 12.2. The SMILES string of the molecule is CCCN(CC)C(C)C(=O)Nc1cc(Cl)ccc1N. The Balaban J connectivity index is 2.75. The molecule has 5 heteroatoms. The Hall–Kier alpha value is -1.26. The molecule has 1 atom stereocenters. The zero-order valence-corrected chi connectivity index (χ0v) is 12.5. The molecule has 1 aromatic rings. The molecule has 4 nitrogen and oxygen atoms in total. The van der Waals surface area contributed by atoms with Gasteiger partial charge in [-0.15, -0.1) is 0 Å². The van der Waals surface area contributed by atoms with E-state index in [0.29, 0.717) is 16.4 Å². The number of nitrogens with one attached hydrogen (secondary N) is 1. The molecule has 0 aliphatic heterocycles. The first kappa shape index (κ1) is 15.8. The molecule has 0 heterocycles. The lowest BCUT2D eigenvalue weighted by Crippen LogP contribution is -2.42. The molecule has 0 fully saturated rings. The second-order valence-electron chi connectivity index (χ2n) is 4.53. The summed E-state index contributed by atoms with van der Waals surface area (Å²) in [6.07, 6.45) is 1.02. The average Bonchev–Trinajstić information content (AvgIpc) is 2.39. The molecule has 0 aliphatic carbocycles. The summed E-state index contributed by atoms with van der Waals surface area (Å²) in [5.41, 5.74) is 6.90. The van der Waals surface area contributed by atoms with Crippen molar-refractivity contribution in [3.63, 3.8) is 0 Å². The second-order valence-corrected chi connectivity index (χ2v) is 4.96. The number of likely N-dealkylation sites (N-methyl/N-ethyl adjacent to an activating group) is 1. The third-order valence-electron chi connectivity index (χ3n) is 3.12. The van der Waals surface area contributed by atoms with Gasteiger partial charge < -0.3 is 11.1 Å². The first-order chi connectivity index (χ1) is 8.99. The highest BCUT2D eigenvalue weighted by Crippen LogP contribution is 2.23. The van der Waals surface area contributed by atoms with Crippen molar-refractivity contribution in [1.82, 2.24) is 4.90 Å². The minimum Gasteiger partial charge on any atom is -0.397 e. The predicted molar refractivity (Wildman–Crippen MR) is 81.5 cm³/mol.